The highest BCUT2D eigenvalue weighted by molar-refractivity contribution is 7.09. The van der Waals surface area contributed by atoms with Crippen LogP contribution in [0.2, 0.25) is 0 Å². The van der Waals surface area contributed by atoms with Crippen molar-refractivity contribution < 1.29 is 4.74 Å². The number of hydrogen-bond donors (Lipinski definition) is 1. The number of ether oxygens (including phenoxy) is 1. The number of anilines is 1. The molecule has 0 spiro atoms. The first-order valence-corrected chi connectivity index (χ1v) is 8.13. The van der Waals surface area contributed by atoms with Gasteiger partial charge >= 0.3 is 0 Å². The second-order valence-electron chi connectivity index (χ2n) is 5.31. The predicted molar refractivity (Wildman–Crippen MR) is 87.3 cm³/mol. The Bertz CT molecular complexity index is 585. The van der Waals surface area contributed by atoms with E-state index in [1.807, 2.05) is 11.6 Å². The van der Waals surface area contributed by atoms with E-state index in [1.54, 1.807) is 18.4 Å². The lowest BCUT2D eigenvalue weighted by Crippen LogP contribution is -2.26. The Morgan fingerprint density at radius 1 is 1.48 bits per heavy atom. The molecule has 5 heteroatoms. The molecule has 21 heavy (non-hydrogen) atoms. The highest BCUT2D eigenvalue weighted by atomic mass is 32.1. The van der Waals surface area contributed by atoms with Crippen LogP contribution in [0, 0.1) is 0 Å². The molecule has 0 saturated carbocycles. The first-order valence-electron chi connectivity index (χ1n) is 7.25. The van der Waals surface area contributed by atoms with Gasteiger partial charge in [0, 0.05) is 44.5 Å². The zero-order valence-electron chi connectivity index (χ0n) is 12.5. The molecule has 1 aromatic heterocycles. The molecule has 1 aliphatic rings. The largest absolute Gasteiger partial charge is 0.383 e. The van der Waals surface area contributed by atoms with Crippen LogP contribution in [-0.4, -0.2) is 38.8 Å². The maximum absolute atomic E-state index is 5.15. The Balaban J connectivity index is 1.86. The molecule has 0 fully saturated rings. The van der Waals surface area contributed by atoms with Crippen molar-refractivity contribution in [2.24, 2.45) is 0 Å². The van der Waals surface area contributed by atoms with Crippen LogP contribution < -0.4 is 10.2 Å². The summed E-state index contributed by atoms with van der Waals surface area (Å²) in [5, 5.41) is 6.69. The van der Waals surface area contributed by atoms with Gasteiger partial charge in [-0.15, -0.1) is 11.3 Å². The van der Waals surface area contributed by atoms with E-state index in [-0.39, 0.29) is 6.04 Å². The van der Waals surface area contributed by atoms with Crippen LogP contribution in [0.25, 0.3) is 0 Å². The van der Waals surface area contributed by atoms with E-state index in [9.17, 15) is 0 Å². The average Bonchev–Trinajstić information content (AvgIpc) is 3.14. The molecule has 0 amide bonds. The van der Waals surface area contributed by atoms with Crippen LogP contribution in [0.5, 0.6) is 0 Å². The summed E-state index contributed by atoms with van der Waals surface area (Å²) >= 11 is 1.69. The monoisotopic (exact) mass is 303 g/mol. The molecule has 1 N–H and O–H groups in total. The Morgan fingerprint density at radius 3 is 3.14 bits per heavy atom. The topological polar surface area (TPSA) is 37.4 Å². The van der Waals surface area contributed by atoms with Crippen LogP contribution >= 0.6 is 11.3 Å². The van der Waals surface area contributed by atoms with Gasteiger partial charge in [-0.2, -0.15) is 0 Å². The molecular formula is C16H21N3OS. The number of aromatic nitrogens is 1. The lowest BCUT2D eigenvalue weighted by Gasteiger charge is -2.19. The maximum Gasteiger partial charge on any atom is 0.114 e. The van der Waals surface area contributed by atoms with Gasteiger partial charge in [0.05, 0.1) is 12.6 Å². The van der Waals surface area contributed by atoms with Crippen LogP contribution in [0.4, 0.5) is 5.69 Å². The van der Waals surface area contributed by atoms with E-state index in [1.165, 1.54) is 16.8 Å². The average molecular weight is 303 g/mol. The fourth-order valence-electron chi connectivity index (χ4n) is 2.80. The number of thiazole rings is 1. The first-order chi connectivity index (χ1) is 10.3. The van der Waals surface area contributed by atoms with Gasteiger partial charge in [-0.3, -0.25) is 0 Å². The minimum Gasteiger partial charge on any atom is -0.383 e. The Morgan fingerprint density at radius 2 is 2.38 bits per heavy atom. The van der Waals surface area contributed by atoms with Crippen LogP contribution in [-0.2, 0) is 11.2 Å². The third-order valence-corrected chi connectivity index (χ3v) is 4.76. The quantitative estimate of drug-likeness (QED) is 0.832. The van der Waals surface area contributed by atoms with E-state index in [4.69, 9.17) is 4.74 Å². The van der Waals surface area contributed by atoms with Crippen molar-refractivity contribution in [2.75, 3.05) is 38.8 Å². The summed E-state index contributed by atoms with van der Waals surface area (Å²) < 4.78 is 5.15. The highest BCUT2D eigenvalue weighted by Gasteiger charge is 2.20. The van der Waals surface area contributed by atoms with Crippen molar-refractivity contribution in [2.45, 2.75) is 12.5 Å². The van der Waals surface area contributed by atoms with Gasteiger partial charge in [0.25, 0.3) is 0 Å². The van der Waals surface area contributed by atoms with Gasteiger partial charge in [0.15, 0.2) is 0 Å². The zero-order valence-corrected chi connectivity index (χ0v) is 13.3. The van der Waals surface area contributed by atoms with Crippen LogP contribution in [0.3, 0.4) is 0 Å². The lowest BCUT2D eigenvalue weighted by molar-refractivity contribution is 0.197. The highest BCUT2D eigenvalue weighted by Crippen LogP contribution is 2.31. The number of benzene rings is 1. The number of fused-ring (bicyclic) bond motifs is 1. The minimum absolute atomic E-state index is 0.149. The molecule has 0 bridgehead atoms. The first kappa shape index (κ1) is 14.5. The minimum atomic E-state index is 0.149. The summed E-state index contributed by atoms with van der Waals surface area (Å²) in [6.07, 6.45) is 2.99. The molecule has 112 valence electrons. The second-order valence-corrected chi connectivity index (χ2v) is 6.24. The third kappa shape index (κ3) is 3.10. The number of nitrogens with zero attached hydrogens (tertiary/aromatic N) is 2. The van der Waals surface area contributed by atoms with E-state index in [0.29, 0.717) is 6.61 Å². The lowest BCUT2D eigenvalue weighted by atomic mass is 10.0. The molecule has 0 aliphatic carbocycles. The number of rotatable bonds is 6. The second kappa shape index (κ2) is 6.56. The summed E-state index contributed by atoms with van der Waals surface area (Å²) in [6.45, 7) is 2.63. The summed E-state index contributed by atoms with van der Waals surface area (Å²) in [7, 11) is 3.88. The van der Waals surface area contributed by atoms with Gasteiger partial charge in [-0.05, 0) is 23.6 Å². The van der Waals surface area contributed by atoms with Crippen molar-refractivity contribution in [3.05, 3.63) is 45.9 Å². The molecule has 1 atom stereocenters. The maximum atomic E-state index is 5.15. The molecule has 0 radical (unpaired) electrons. The molecule has 1 aliphatic heterocycles. The van der Waals surface area contributed by atoms with Crippen molar-refractivity contribution in [1.29, 1.82) is 0 Å². The number of methoxy groups -OCH3 is 1. The molecule has 3 rings (SSSR count). The van der Waals surface area contributed by atoms with Gasteiger partial charge in [-0.25, -0.2) is 4.98 Å². The summed E-state index contributed by atoms with van der Waals surface area (Å²) in [5.41, 5.74) is 4.08. The fraction of sp³-hybridized carbons (Fsp3) is 0.438. The smallest absolute Gasteiger partial charge is 0.114 e. The molecule has 4 nitrogen and oxygen atoms in total. The molecule has 2 aromatic rings. The van der Waals surface area contributed by atoms with Crippen molar-refractivity contribution >= 4 is 17.0 Å². The van der Waals surface area contributed by atoms with Crippen LogP contribution in [0.1, 0.15) is 22.2 Å². The van der Waals surface area contributed by atoms with Gasteiger partial charge in [-0.1, -0.05) is 12.1 Å². The molecular weight excluding hydrogens is 282 g/mol. The Hall–Kier alpha value is -1.43. The third-order valence-electron chi connectivity index (χ3n) is 3.92. The molecule has 1 aromatic carbocycles. The number of likely N-dealkylation sites (N-methyl/N-ethyl adjacent to an activating group) is 1. The molecule has 2 heterocycles. The zero-order chi connectivity index (χ0) is 14.7. The van der Waals surface area contributed by atoms with Gasteiger partial charge in [0.1, 0.15) is 5.01 Å². The summed E-state index contributed by atoms with van der Waals surface area (Å²) in [5.74, 6) is 0. The summed E-state index contributed by atoms with van der Waals surface area (Å²) in [4.78, 5) is 6.80. The fourth-order valence-corrected chi connectivity index (χ4v) is 3.53. The van der Waals surface area contributed by atoms with E-state index in [2.05, 4.69) is 40.4 Å². The van der Waals surface area contributed by atoms with Crippen molar-refractivity contribution in [3.8, 4) is 0 Å². The van der Waals surface area contributed by atoms with Gasteiger partial charge in [0.2, 0.25) is 0 Å². The van der Waals surface area contributed by atoms with Crippen molar-refractivity contribution in [1.82, 2.24) is 10.3 Å². The van der Waals surface area contributed by atoms with Crippen molar-refractivity contribution in [3.63, 3.8) is 0 Å². The SMILES string of the molecule is COCCNC(c1ccc2c(c1)CCN2C)c1nccs1. The Kier molecular flexibility index (Phi) is 4.53. The summed E-state index contributed by atoms with van der Waals surface area (Å²) in [6, 6.07) is 6.92. The number of hydrogen-bond acceptors (Lipinski definition) is 5. The standard InChI is InChI=1S/C16H21N3OS/c1-19-8-5-12-11-13(3-4-14(12)19)15(17-6-9-20-2)16-18-7-10-21-16/h3-4,7,10-11,15,17H,5-6,8-9H2,1-2H3. The molecule has 0 saturated heterocycles. The normalized spacial score (nSPS) is 15.2. The molecule has 1 unspecified atom stereocenters. The van der Waals surface area contributed by atoms with E-state index >= 15 is 0 Å². The van der Waals surface area contributed by atoms with Gasteiger partial charge < -0.3 is 15.0 Å². The van der Waals surface area contributed by atoms with E-state index < -0.39 is 0 Å². The number of nitrogens with one attached hydrogen (secondary N) is 1. The Labute approximate surface area is 129 Å². The predicted octanol–water partition coefficient (Wildman–Crippen LogP) is 2.46. The van der Waals surface area contributed by atoms with Crippen LogP contribution in [0.15, 0.2) is 29.8 Å². The van der Waals surface area contributed by atoms with E-state index in [0.717, 1.165) is 24.5 Å².